The fraction of sp³-hybridized carbons (Fsp3) is 0.750. The Kier molecular flexibility index (Phi) is 6.62. The lowest BCUT2D eigenvalue weighted by atomic mass is 9.62. The second-order valence-corrected chi connectivity index (χ2v) is 9.77. The molecule has 1 aromatic carbocycles. The standard InChI is InChI=1S/C24H33ClF2O/c1-2-28-21-10-9-18-11-17(7-8-19(18)12-21)15-3-5-16(6-4-15)20-13-22(26)24(25)23(27)14-20/h13-19,21H,2-12H2,1H3. The van der Waals surface area contributed by atoms with E-state index in [1.54, 1.807) is 0 Å². The van der Waals surface area contributed by atoms with Crippen molar-refractivity contribution in [1.29, 1.82) is 0 Å². The lowest BCUT2D eigenvalue weighted by Gasteiger charge is -2.45. The molecule has 0 saturated heterocycles. The molecule has 1 aromatic rings. The van der Waals surface area contributed by atoms with Gasteiger partial charge in [-0.25, -0.2) is 8.78 Å². The normalized spacial score (nSPS) is 36.1. The molecule has 3 fully saturated rings. The van der Waals surface area contributed by atoms with Gasteiger partial charge in [-0.05, 0) is 118 Å². The number of fused-ring (bicyclic) bond motifs is 1. The summed E-state index contributed by atoms with van der Waals surface area (Å²) >= 11 is 5.64. The number of ether oxygens (including phenoxy) is 1. The topological polar surface area (TPSA) is 9.23 Å². The molecule has 0 bridgehead atoms. The van der Waals surface area contributed by atoms with Gasteiger partial charge in [0.25, 0.3) is 0 Å². The van der Waals surface area contributed by atoms with Gasteiger partial charge in [0.15, 0.2) is 0 Å². The van der Waals surface area contributed by atoms with Crippen LogP contribution in [0.1, 0.15) is 82.6 Å². The first-order valence-corrected chi connectivity index (χ1v) is 11.7. The van der Waals surface area contributed by atoms with Crippen LogP contribution in [-0.4, -0.2) is 12.7 Å². The molecule has 3 aliphatic rings. The molecule has 0 aromatic heterocycles. The lowest BCUT2D eigenvalue weighted by Crippen LogP contribution is -2.36. The third-order valence-corrected chi connectivity index (χ3v) is 8.28. The molecule has 0 spiro atoms. The highest BCUT2D eigenvalue weighted by molar-refractivity contribution is 6.30. The van der Waals surface area contributed by atoms with E-state index in [2.05, 4.69) is 6.92 Å². The average Bonchev–Trinajstić information content (AvgIpc) is 2.71. The minimum atomic E-state index is -0.625. The van der Waals surface area contributed by atoms with Crippen LogP contribution in [0.15, 0.2) is 12.1 Å². The molecule has 3 saturated carbocycles. The van der Waals surface area contributed by atoms with Gasteiger partial charge in [0.05, 0.1) is 6.10 Å². The first-order chi connectivity index (χ1) is 13.5. The summed E-state index contributed by atoms with van der Waals surface area (Å²) in [6.45, 7) is 2.95. The van der Waals surface area contributed by atoms with Crippen molar-refractivity contribution >= 4 is 11.6 Å². The van der Waals surface area contributed by atoms with Crippen LogP contribution in [0.5, 0.6) is 0 Å². The van der Waals surface area contributed by atoms with E-state index in [1.807, 2.05) is 0 Å². The van der Waals surface area contributed by atoms with Gasteiger partial charge in [0.1, 0.15) is 16.7 Å². The van der Waals surface area contributed by atoms with E-state index in [0.717, 1.165) is 48.7 Å². The van der Waals surface area contributed by atoms with Gasteiger partial charge in [-0.2, -0.15) is 0 Å². The van der Waals surface area contributed by atoms with Crippen LogP contribution in [0, 0.1) is 35.3 Å². The predicted molar refractivity (Wildman–Crippen MR) is 110 cm³/mol. The molecule has 4 heteroatoms. The largest absolute Gasteiger partial charge is 0.378 e. The molecule has 0 N–H and O–H groups in total. The van der Waals surface area contributed by atoms with Crippen LogP contribution in [-0.2, 0) is 4.74 Å². The van der Waals surface area contributed by atoms with Crippen molar-refractivity contribution in [2.24, 2.45) is 23.7 Å². The maximum atomic E-state index is 13.8. The molecule has 3 aliphatic carbocycles. The highest BCUT2D eigenvalue weighted by Crippen LogP contribution is 2.49. The Labute approximate surface area is 173 Å². The smallest absolute Gasteiger partial charge is 0.145 e. The van der Waals surface area contributed by atoms with E-state index in [-0.39, 0.29) is 10.9 Å². The van der Waals surface area contributed by atoms with E-state index >= 15 is 0 Å². The van der Waals surface area contributed by atoms with E-state index in [1.165, 1.54) is 63.5 Å². The SMILES string of the molecule is CCOC1CCC2CC(C3CCC(c4cc(F)c(Cl)c(F)c4)CC3)CCC2C1. The molecule has 0 heterocycles. The van der Waals surface area contributed by atoms with E-state index in [4.69, 9.17) is 16.3 Å². The first kappa shape index (κ1) is 20.6. The summed E-state index contributed by atoms with van der Waals surface area (Å²) in [5.74, 6) is 2.44. The van der Waals surface area contributed by atoms with Crippen LogP contribution in [0.4, 0.5) is 8.78 Å². The number of benzene rings is 1. The third-order valence-electron chi connectivity index (χ3n) is 7.92. The van der Waals surface area contributed by atoms with Gasteiger partial charge >= 0.3 is 0 Å². The molecule has 28 heavy (non-hydrogen) atoms. The Morgan fingerprint density at radius 3 is 2.00 bits per heavy atom. The minimum absolute atomic E-state index is 0.274. The highest BCUT2D eigenvalue weighted by Gasteiger charge is 2.39. The number of halogens is 3. The van der Waals surface area contributed by atoms with Crippen molar-refractivity contribution in [2.45, 2.75) is 83.2 Å². The molecule has 4 rings (SSSR count). The quantitative estimate of drug-likeness (QED) is 0.466. The van der Waals surface area contributed by atoms with Crippen LogP contribution in [0.25, 0.3) is 0 Å². The summed E-state index contributed by atoms with van der Waals surface area (Å²) in [6.07, 6.45) is 12.9. The molecule has 4 unspecified atom stereocenters. The van der Waals surface area contributed by atoms with Crippen LogP contribution >= 0.6 is 11.6 Å². The van der Waals surface area contributed by atoms with Gasteiger partial charge < -0.3 is 4.74 Å². The zero-order valence-corrected chi connectivity index (χ0v) is 17.7. The van der Waals surface area contributed by atoms with Crippen molar-refractivity contribution in [2.75, 3.05) is 6.61 Å². The summed E-state index contributed by atoms with van der Waals surface area (Å²) in [5, 5.41) is -0.381. The minimum Gasteiger partial charge on any atom is -0.378 e. The summed E-state index contributed by atoms with van der Waals surface area (Å²) in [7, 11) is 0. The molecule has 0 amide bonds. The van der Waals surface area contributed by atoms with Gasteiger partial charge in [-0.15, -0.1) is 0 Å². The number of rotatable bonds is 4. The zero-order valence-electron chi connectivity index (χ0n) is 16.9. The second-order valence-electron chi connectivity index (χ2n) is 9.39. The number of hydrogen-bond acceptors (Lipinski definition) is 1. The Bertz CT molecular complexity index is 648. The molecule has 0 radical (unpaired) electrons. The zero-order chi connectivity index (χ0) is 19.7. The van der Waals surface area contributed by atoms with Crippen molar-refractivity contribution in [3.05, 3.63) is 34.4 Å². The van der Waals surface area contributed by atoms with Gasteiger partial charge in [0.2, 0.25) is 0 Å². The van der Waals surface area contributed by atoms with Gasteiger partial charge in [-0.3, -0.25) is 0 Å². The lowest BCUT2D eigenvalue weighted by molar-refractivity contribution is -0.0205. The van der Waals surface area contributed by atoms with E-state index in [0.29, 0.717) is 6.10 Å². The fourth-order valence-electron chi connectivity index (χ4n) is 6.43. The molecule has 156 valence electrons. The maximum Gasteiger partial charge on any atom is 0.145 e. The van der Waals surface area contributed by atoms with Gasteiger partial charge in [-0.1, -0.05) is 11.6 Å². The summed E-state index contributed by atoms with van der Waals surface area (Å²) in [6, 6.07) is 2.89. The maximum absolute atomic E-state index is 13.8. The predicted octanol–water partition coefficient (Wildman–Crippen LogP) is 7.51. The first-order valence-electron chi connectivity index (χ1n) is 11.3. The van der Waals surface area contributed by atoms with Crippen molar-refractivity contribution in [3.8, 4) is 0 Å². The molecular formula is C24H33ClF2O. The monoisotopic (exact) mass is 410 g/mol. The molecule has 0 aliphatic heterocycles. The Morgan fingerprint density at radius 2 is 1.36 bits per heavy atom. The van der Waals surface area contributed by atoms with E-state index in [9.17, 15) is 8.78 Å². The van der Waals surface area contributed by atoms with Gasteiger partial charge in [0, 0.05) is 6.61 Å². The number of hydrogen-bond donors (Lipinski definition) is 0. The highest BCUT2D eigenvalue weighted by atomic mass is 35.5. The van der Waals surface area contributed by atoms with Crippen molar-refractivity contribution in [3.63, 3.8) is 0 Å². The fourth-order valence-corrected chi connectivity index (χ4v) is 6.54. The Morgan fingerprint density at radius 1 is 0.821 bits per heavy atom. The van der Waals surface area contributed by atoms with Crippen molar-refractivity contribution < 1.29 is 13.5 Å². The van der Waals surface area contributed by atoms with Crippen LogP contribution in [0.3, 0.4) is 0 Å². The third kappa shape index (κ3) is 4.41. The summed E-state index contributed by atoms with van der Waals surface area (Å²) < 4.78 is 33.5. The van der Waals surface area contributed by atoms with Crippen LogP contribution < -0.4 is 0 Å². The molecule has 4 atom stereocenters. The molecule has 1 nitrogen and oxygen atoms in total. The summed E-state index contributed by atoms with van der Waals surface area (Å²) in [5.41, 5.74) is 0.788. The Hall–Kier alpha value is -0.670. The molecular weight excluding hydrogens is 378 g/mol. The average molecular weight is 411 g/mol. The van der Waals surface area contributed by atoms with Crippen LogP contribution in [0.2, 0.25) is 5.02 Å². The Balaban J connectivity index is 1.30. The summed E-state index contributed by atoms with van der Waals surface area (Å²) in [4.78, 5) is 0. The van der Waals surface area contributed by atoms with E-state index < -0.39 is 11.6 Å². The second kappa shape index (κ2) is 9.00. The van der Waals surface area contributed by atoms with Crippen molar-refractivity contribution in [1.82, 2.24) is 0 Å².